The number of hydrogen-bond donors (Lipinski definition) is 4. The molecule has 0 saturated carbocycles. The fourth-order valence-corrected chi connectivity index (χ4v) is 1.25. The Hall–Kier alpha value is -1.43. The molecule has 0 unspecified atom stereocenters. The van der Waals surface area contributed by atoms with Crippen molar-refractivity contribution in [2.24, 2.45) is 17.2 Å². The van der Waals surface area contributed by atoms with Crippen LogP contribution in [0.1, 0.15) is 24.8 Å². The van der Waals surface area contributed by atoms with E-state index in [0.717, 1.165) is 12.8 Å². The van der Waals surface area contributed by atoms with Crippen LogP contribution in [0, 0.1) is 0 Å². The molecule has 1 aromatic carbocycles. The van der Waals surface area contributed by atoms with Gasteiger partial charge in [-0.3, -0.25) is 4.79 Å². The molecule has 0 aliphatic rings. The first-order valence-electron chi connectivity index (χ1n) is 6.04. The summed E-state index contributed by atoms with van der Waals surface area (Å²) in [7, 11) is 0. The SMILES string of the molecule is NCCCC[C@H](N)C(=O)O.NCc1ccccc1. The molecule has 0 amide bonds. The molecule has 1 rings (SSSR count). The summed E-state index contributed by atoms with van der Waals surface area (Å²) in [6.45, 7) is 1.24. The first kappa shape index (κ1) is 16.6. The van der Waals surface area contributed by atoms with Crippen molar-refractivity contribution >= 4 is 5.97 Å². The van der Waals surface area contributed by atoms with E-state index in [1.807, 2.05) is 30.3 Å². The lowest BCUT2D eigenvalue weighted by molar-refractivity contribution is -0.138. The normalized spacial score (nSPS) is 11.3. The Kier molecular flexibility index (Phi) is 9.86. The predicted molar refractivity (Wildman–Crippen MR) is 72.9 cm³/mol. The lowest BCUT2D eigenvalue weighted by Crippen LogP contribution is -2.29. The van der Waals surface area contributed by atoms with E-state index in [4.69, 9.17) is 22.3 Å². The molecule has 18 heavy (non-hydrogen) atoms. The van der Waals surface area contributed by atoms with Crippen molar-refractivity contribution in [2.45, 2.75) is 31.8 Å². The lowest BCUT2D eigenvalue weighted by atomic mass is 10.1. The maximum absolute atomic E-state index is 10.1. The maximum atomic E-state index is 10.1. The van der Waals surface area contributed by atoms with Crippen LogP contribution in [0.25, 0.3) is 0 Å². The number of nitrogens with two attached hydrogens (primary N) is 3. The van der Waals surface area contributed by atoms with Gasteiger partial charge in [0, 0.05) is 6.54 Å². The monoisotopic (exact) mass is 253 g/mol. The molecule has 0 spiro atoms. The lowest BCUT2D eigenvalue weighted by Gasteiger charge is -2.03. The summed E-state index contributed by atoms with van der Waals surface area (Å²) in [6, 6.07) is 9.27. The highest BCUT2D eigenvalue weighted by atomic mass is 16.4. The number of carbonyl (C=O) groups is 1. The van der Waals surface area contributed by atoms with Crippen molar-refractivity contribution in [3.63, 3.8) is 0 Å². The van der Waals surface area contributed by atoms with Crippen LogP contribution in [0.2, 0.25) is 0 Å². The summed E-state index contributed by atoms with van der Waals surface area (Å²) in [5.74, 6) is -0.933. The topological polar surface area (TPSA) is 115 Å². The molecule has 1 aromatic rings. The summed E-state index contributed by atoms with van der Waals surface area (Å²) in [5.41, 5.74) is 17.0. The van der Waals surface area contributed by atoms with Gasteiger partial charge in [-0.25, -0.2) is 0 Å². The maximum Gasteiger partial charge on any atom is 0.320 e. The molecule has 0 heterocycles. The van der Waals surface area contributed by atoms with E-state index < -0.39 is 12.0 Å². The highest BCUT2D eigenvalue weighted by molar-refractivity contribution is 5.72. The van der Waals surface area contributed by atoms with E-state index >= 15 is 0 Å². The second-order valence-corrected chi connectivity index (χ2v) is 3.92. The standard InChI is InChI=1S/C7H9N.C6H14N2O2/c8-6-7-4-2-1-3-5-7;7-4-2-1-3-5(8)6(9)10/h1-5H,6,8H2;5H,1-4,7-8H2,(H,9,10)/t;5-/m.0/s1. The van der Waals surface area contributed by atoms with Crippen LogP contribution in [-0.4, -0.2) is 23.7 Å². The second kappa shape index (κ2) is 10.7. The van der Waals surface area contributed by atoms with E-state index in [-0.39, 0.29) is 0 Å². The quantitative estimate of drug-likeness (QED) is 0.556. The summed E-state index contributed by atoms with van der Waals surface area (Å²) in [4.78, 5) is 10.1. The minimum atomic E-state index is -0.933. The zero-order valence-electron chi connectivity index (χ0n) is 10.6. The van der Waals surface area contributed by atoms with Crippen molar-refractivity contribution in [2.75, 3.05) is 6.54 Å². The molecule has 7 N–H and O–H groups in total. The molecule has 0 aliphatic heterocycles. The minimum absolute atomic E-state index is 0.520. The number of benzene rings is 1. The molecule has 0 aromatic heterocycles. The average Bonchev–Trinajstić information content (AvgIpc) is 2.40. The highest BCUT2D eigenvalue weighted by Gasteiger charge is 2.09. The van der Waals surface area contributed by atoms with Crippen molar-refractivity contribution in [3.8, 4) is 0 Å². The Morgan fingerprint density at radius 3 is 2.17 bits per heavy atom. The molecule has 1 atom stereocenters. The molecule has 5 nitrogen and oxygen atoms in total. The van der Waals surface area contributed by atoms with Crippen LogP contribution in [0.15, 0.2) is 30.3 Å². The fraction of sp³-hybridized carbons (Fsp3) is 0.462. The first-order valence-corrected chi connectivity index (χ1v) is 6.04. The van der Waals surface area contributed by atoms with Crippen molar-refractivity contribution in [3.05, 3.63) is 35.9 Å². The van der Waals surface area contributed by atoms with E-state index in [1.165, 1.54) is 5.56 Å². The van der Waals surface area contributed by atoms with Crippen LogP contribution in [0.4, 0.5) is 0 Å². The molecule has 0 radical (unpaired) electrons. The van der Waals surface area contributed by atoms with Crippen molar-refractivity contribution < 1.29 is 9.90 Å². The van der Waals surface area contributed by atoms with E-state index in [1.54, 1.807) is 0 Å². The number of rotatable bonds is 6. The molecular weight excluding hydrogens is 230 g/mol. The van der Waals surface area contributed by atoms with Crippen LogP contribution in [0.3, 0.4) is 0 Å². The van der Waals surface area contributed by atoms with Gasteiger partial charge >= 0.3 is 5.97 Å². The van der Waals surface area contributed by atoms with Gasteiger partial charge in [-0.2, -0.15) is 0 Å². The summed E-state index contributed by atoms with van der Waals surface area (Å²) >= 11 is 0. The van der Waals surface area contributed by atoms with Crippen LogP contribution in [-0.2, 0) is 11.3 Å². The largest absolute Gasteiger partial charge is 0.480 e. The predicted octanol–water partition coefficient (Wildman–Crippen LogP) is 0.673. The number of unbranched alkanes of at least 4 members (excludes halogenated alkanes) is 1. The van der Waals surface area contributed by atoms with Gasteiger partial charge in [0.1, 0.15) is 6.04 Å². The van der Waals surface area contributed by atoms with Gasteiger partial charge in [0.15, 0.2) is 0 Å². The van der Waals surface area contributed by atoms with Crippen LogP contribution < -0.4 is 17.2 Å². The molecule has 0 saturated heterocycles. The fourth-order valence-electron chi connectivity index (χ4n) is 1.25. The van der Waals surface area contributed by atoms with E-state index in [0.29, 0.717) is 19.5 Å². The van der Waals surface area contributed by atoms with Gasteiger partial charge in [-0.1, -0.05) is 36.8 Å². The second-order valence-electron chi connectivity index (χ2n) is 3.92. The van der Waals surface area contributed by atoms with Crippen LogP contribution in [0.5, 0.6) is 0 Å². The summed E-state index contributed by atoms with van der Waals surface area (Å²) in [6.07, 6.45) is 2.16. The van der Waals surface area contributed by atoms with E-state index in [9.17, 15) is 4.79 Å². The van der Waals surface area contributed by atoms with Crippen molar-refractivity contribution in [1.82, 2.24) is 0 Å². The Balaban J connectivity index is 0.000000327. The molecule has 0 bridgehead atoms. The van der Waals surface area contributed by atoms with E-state index in [2.05, 4.69) is 0 Å². The van der Waals surface area contributed by atoms with Gasteiger partial charge in [-0.05, 0) is 24.9 Å². The van der Waals surface area contributed by atoms with Gasteiger partial charge < -0.3 is 22.3 Å². The average molecular weight is 253 g/mol. The third kappa shape index (κ3) is 8.69. The number of hydrogen-bond acceptors (Lipinski definition) is 4. The highest BCUT2D eigenvalue weighted by Crippen LogP contribution is 1.97. The van der Waals surface area contributed by atoms with Gasteiger partial charge in [0.2, 0.25) is 0 Å². The van der Waals surface area contributed by atoms with Crippen molar-refractivity contribution in [1.29, 1.82) is 0 Å². The number of aliphatic carboxylic acids is 1. The molecule has 102 valence electrons. The Morgan fingerprint density at radius 2 is 1.78 bits per heavy atom. The number of carboxylic acid groups (broad SMARTS) is 1. The molecule has 0 fully saturated rings. The van der Waals surface area contributed by atoms with Gasteiger partial charge in [0.05, 0.1) is 0 Å². The summed E-state index contributed by atoms with van der Waals surface area (Å²) < 4.78 is 0. The molecule has 0 aliphatic carbocycles. The number of carboxylic acids is 1. The zero-order valence-corrected chi connectivity index (χ0v) is 10.6. The smallest absolute Gasteiger partial charge is 0.320 e. The minimum Gasteiger partial charge on any atom is -0.480 e. The Labute approximate surface area is 108 Å². The molecule has 5 heteroatoms. The third-order valence-corrected chi connectivity index (χ3v) is 2.36. The summed E-state index contributed by atoms with van der Waals surface area (Å²) in [5, 5.41) is 8.33. The molecular formula is C13H23N3O2. The third-order valence-electron chi connectivity index (χ3n) is 2.36. The Bertz CT molecular complexity index is 317. The zero-order chi connectivity index (χ0) is 13.8. The van der Waals surface area contributed by atoms with Crippen LogP contribution >= 0.6 is 0 Å². The van der Waals surface area contributed by atoms with Gasteiger partial charge in [-0.15, -0.1) is 0 Å². The Morgan fingerprint density at radius 1 is 1.17 bits per heavy atom. The van der Waals surface area contributed by atoms with Gasteiger partial charge in [0.25, 0.3) is 0 Å². The first-order chi connectivity index (χ1) is 8.61.